The second-order valence-electron chi connectivity index (χ2n) is 5.03. The van der Waals surface area contributed by atoms with Crippen LogP contribution in [0, 0.1) is 0 Å². The van der Waals surface area contributed by atoms with Crippen LogP contribution in [0.1, 0.15) is 36.0 Å². The van der Waals surface area contributed by atoms with Gasteiger partial charge in [0, 0.05) is 23.8 Å². The zero-order valence-corrected chi connectivity index (χ0v) is 14.4. The van der Waals surface area contributed by atoms with E-state index in [1.807, 2.05) is 0 Å². The van der Waals surface area contributed by atoms with E-state index in [1.165, 1.54) is 12.1 Å². The molecule has 2 rings (SSSR count). The van der Waals surface area contributed by atoms with Gasteiger partial charge in [0.05, 0.1) is 15.6 Å². The van der Waals surface area contributed by atoms with Gasteiger partial charge in [0.1, 0.15) is 4.90 Å². The van der Waals surface area contributed by atoms with Crippen LogP contribution in [0.5, 0.6) is 0 Å². The molecule has 0 atom stereocenters. The highest BCUT2D eigenvalue weighted by molar-refractivity contribution is 8.13. The smallest absolute Gasteiger partial charge is 0.262 e. The largest absolute Gasteiger partial charge is 0.339 e. The van der Waals surface area contributed by atoms with E-state index in [0.29, 0.717) is 0 Å². The Bertz CT molecular complexity index is 669. The second-order valence-corrected chi connectivity index (χ2v) is 8.35. The highest BCUT2D eigenvalue weighted by Crippen LogP contribution is 2.34. The molecule has 0 saturated heterocycles. The van der Waals surface area contributed by atoms with Gasteiger partial charge in [-0.1, -0.05) is 36.0 Å². The van der Waals surface area contributed by atoms with Crippen LogP contribution in [0.15, 0.2) is 17.0 Å². The maximum atomic E-state index is 12.6. The average Bonchev–Trinajstić information content (AvgIpc) is 2.89. The van der Waals surface area contributed by atoms with E-state index in [0.717, 1.165) is 25.7 Å². The van der Waals surface area contributed by atoms with Crippen LogP contribution in [0.4, 0.5) is 0 Å². The minimum absolute atomic E-state index is 0.0190. The summed E-state index contributed by atoms with van der Waals surface area (Å²) in [7, 11) is 2.95. The Labute approximate surface area is 138 Å². The molecule has 1 amide bonds. The molecule has 4 nitrogen and oxygen atoms in total. The van der Waals surface area contributed by atoms with Crippen molar-refractivity contribution in [3.05, 3.63) is 27.7 Å². The number of halogens is 3. The van der Waals surface area contributed by atoms with Crippen LogP contribution >= 0.6 is 33.9 Å². The fourth-order valence-electron chi connectivity index (χ4n) is 2.55. The third-order valence-electron chi connectivity index (χ3n) is 3.72. The molecule has 21 heavy (non-hydrogen) atoms. The summed E-state index contributed by atoms with van der Waals surface area (Å²) in [6, 6.07) is 2.64. The lowest BCUT2D eigenvalue weighted by atomic mass is 10.1. The van der Waals surface area contributed by atoms with E-state index in [2.05, 4.69) is 0 Å². The Morgan fingerprint density at radius 1 is 1.24 bits per heavy atom. The van der Waals surface area contributed by atoms with Gasteiger partial charge in [-0.15, -0.1) is 0 Å². The van der Waals surface area contributed by atoms with Crippen LogP contribution in [0.3, 0.4) is 0 Å². The molecule has 116 valence electrons. The molecule has 1 aliphatic rings. The van der Waals surface area contributed by atoms with E-state index in [4.69, 9.17) is 33.9 Å². The summed E-state index contributed by atoms with van der Waals surface area (Å²) in [5.41, 5.74) is -0.0190. The van der Waals surface area contributed by atoms with Gasteiger partial charge in [-0.05, 0) is 25.0 Å². The predicted octanol–water partition coefficient (Wildman–Crippen LogP) is 3.94. The molecule has 1 aromatic rings. The first-order valence-corrected chi connectivity index (χ1v) is 9.50. The van der Waals surface area contributed by atoms with Crippen molar-refractivity contribution in [3.8, 4) is 0 Å². The van der Waals surface area contributed by atoms with Gasteiger partial charge in [0.2, 0.25) is 0 Å². The second kappa shape index (κ2) is 6.32. The van der Waals surface area contributed by atoms with Gasteiger partial charge in [-0.25, -0.2) is 8.42 Å². The van der Waals surface area contributed by atoms with Crippen molar-refractivity contribution in [2.75, 3.05) is 7.05 Å². The van der Waals surface area contributed by atoms with E-state index < -0.39 is 9.05 Å². The molecule has 0 heterocycles. The van der Waals surface area contributed by atoms with Crippen molar-refractivity contribution in [2.45, 2.75) is 36.6 Å². The summed E-state index contributed by atoms with van der Waals surface area (Å²) in [6.07, 6.45) is 3.98. The topological polar surface area (TPSA) is 54.5 Å². The van der Waals surface area contributed by atoms with Crippen LogP contribution in [0.2, 0.25) is 10.0 Å². The molecule has 0 N–H and O–H groups in total. The lowest BCUT2D eigenvalue weighted by Crippen LogP contribution is -2.35. The van der Waals surface area contributed by atoms with Crippen molar-refractivity contribution in [2.24, 2.45) is 0 Å². The highest BCUT2D eigenvalue weighted by Gasteiger charge is 2.29. The van der Waals surface area contributed by atoms with Gasteiger partial charge in [0.25, 0.3) is 15.0 Å². The van der Waals surface area contributed by atoms with Gasteiger partial charge in [-0.2, -0.15) is 0 Å². The van der Waals surface area contributed by atoms with Crippen molar-refractivity contribution < 1.29 is 13.2 Å². The summed E-state index contributed by atoms with van der Waals surface area (Å²) in [4.78, 5) is 13.8. The number of amides is 1. The minimum atomic E-state index is -4.04. The Morgan fingerprint density at radius 2 is 1.81 bits per heavy atom. The van der Waals surface area contributed by atoms with Gasteiger partial charge < -0.3 is 4.90 Å². The molecular formula is C13H14Cl3NO3S. The monoisotopic (exact) mass is 369 g/mol. The molecule has 0 aliphatic heterocycles. The Hall–Kier alpha value is -0.490. The lowest BCUT2D eigenvalue weighted by molar-refractivity contribution is 0.0735. The third kappa shape index (κ3) is 3.47. The maximum absolute atomic E-state index is 12.6. The number of hydrogen-bond donors (Lipinski definition) is 0. The first-order chi connectivity index (χ1) is 9.73. The Kier molecular flexibility index (Phi) is 5.08. The molecule has 0 radical (unpaired) electrons. The normalized spacial score (nSPS) is 16.2. The van der Waals surface area contributed by atoms with E-state index >= 15 is 0 Å². The molecule has 0 bridgehead atoms. The Morgan fingerprint density at radius 3 is 2.33 bits per heavy atom. The molecule has 8 heteroatoms. The molecule has 1 aliphatic carbocycles. The summed E-state index contributed by atoms with van der Waals surface area (Å²) >= 11 is 12.1. The van der Waals surface area contributed by atoms with Crippen LogP contribution in [-0.2, 0) is 9.05 Å². The van der Waals surface area contributed by atoms with E-state index in [-0.39, 0.29) is 32.5 Å². The molecule has 0 aromatic heterocycles. The van der Waals surface area contributed by atoms with E-state index in [9.17, 15) is 13.2 Å². The molecular weight excluding hydrogens is 357 g/mol. The van der Waals surface area contributed by atoms with E-state index in [1.54, 1.807) is 11.9 Å². The molecule has 0 spiro atoms. The van der Waals surface area contributed by atoms with Gasteiger partial charge in [-0.3, -0.25) is 4.79 Å². The zero-order valence-electron chi connectivity index (χ0n) is 11.3. The van der Waals surface area contributed by atoms with Crippen molar-refractivity contribution in [1.82, 2.24) is 4.90 Å². The predicted molar refractivity (Wildman–Crippen MR) is 83.9 cm³/mol. The number of benzene rings is 1. The fourth-order valence-corrected chi connectivity index (χ4v) is 4.44. The van der Waals surface area contributed by atoms with Crippen LogP contribution in [0.25, 0.3) is 0 Å². The SMILES string of the molecule is CN(C(=O)c1c(Cl)ccc(S(=O)(=O)Cl)c1Cl)C1CCCC1. The summed E-state index contributed by atoms with van der Waals surface area (Å²) in [5, 5.41) is -0.119. The first-order valence-electron chi connectivity index (χ1n) is 6.43. The third-order valence-corrected chi connectivity index (χ3v) is 5.91. The summed E-state index contributed by atoms with van der Waals surface area (Å²) in [6.45, 7) is 0. The zero-order chi connectivity index (χ0) is 15.8. The summed E-state index contributed by atoms with van der Waals surface area (Å²) in [5.74, 6) is -0.390. The molecule has 1 saturated carbocycles. The van der Waals surface area contributed by atoms with Crippen molar-refractivity contribution in [3.63, 3.8) is 0 Å². The van der Waals surface area contributed by atoms with Crippen LogP contribution in [-0.4, -0.2) is 32.3 Å². The number of nitrogens with zero attached hydrogens (tertiary/aromatic N) is 1. The standard InChI is InChI=1S/C13H14Cl3NO3S/c1-17(8-4-2-3-5-8)13(18)11-9(14)6-7-10(12(11)15)21(16,19)20/h6-8H,2-5H2,1H3. The Balaban J connectivity index is 2.45. The lowest BCUT2D eigenvalue weighted by Gasteiger charge is -2.25. The summed E-state index contributed by atoms with van der Waals surface area (Å²) < 4.78 is 23.0. The minimum Gasteiger partial charge on any atom is -0.339 e. The number of rotatable bonds is 3. The van der Waals surface area contributed by atoms with Gasteiger partial charge >= 0.3 is 0 Å². The number of hydrogen-bond acceptors (Lipinski definition) is 3. The quantitative estimate of drug-likeness (QED) is 0.757. The van der Waals surface area contributed by atoms with Crippen LogP contribution < -0.4 is 0 Å². The maximum Gasteiger partial charge on any atom is 0.262 e. The number of carbonyl (C=O) groups excluding carboxylic acids is 1. The van der Waals surface area contributed by atoms with Gasteiger partial charge in [0.15, 0.2) is 0 Å². The number of carbonyl (C=O) groups is 1. The first kappa shape index (κ1) is 16.9. The highest BCUT2D eigenvalue weighted by atomic mass is 35.7. The average molecular weight is 371 g/mol. The van der Waals surface area contributed by atoms with Crippen molar-refractivity contribution in [1.29, 1.82) is 0 Å². The molecule has 1 fully saturated rings. The molecule has 1 aromatic carbocycles. The molecule has 0 unspecified atom stereocenters. The van der Waals surface area contributed by atoms with Crippen molar-refractivity contribution >= 4 is 48.8 Å². The fraction of sp³-hybridized carbons (Fsp3) is 0.462.